The van der Waals surface area contributed by atoms with Crippen molar-refractivity contribution in [1.29, 1.82) is 0 Å². The van der Waals surface area contributed by atoms with E-state index in [1.807, 2.05) is 12.4 Å². The molecule has 2 aromatic rings. The number of benzene rings is 1. The molecule has 0 radical (unpaired) electrons. The Balaban J connectivity index is 2.74. The van der Waals surface area contributed by atoms with E-state index >= 15 is 0 Å². The molecule has 66 valence electrons. The molecule has 0 fully saturated rings. The van der Waals surface area contributed by atoms with Gasteiger partial charge in [0.15, 0.2) is 0 Å². The highest BCUT2D eigenvalue weighted by atomic mass is 14.6. The molecule has 1 aromatic carbocycles. The van der Waals surface area contributed by atoms with Crippen LogP contribution in [0.4, 0.5) is 0 Å². The zero-order chi connectivity index (χ0) is 9.26. The Morgan fingerprint density at radius 2 is 2.08 bits per heavy atom. The minimum Gasteiger partial charge on any atom is -0.264 e. The van der Waals surface area contributed by atoms with Gasteiger partial charge in [-0.15, -0.1) is 0 Å². The first kappa shape index (κ1) is 8.24. The molecule has 1 aromatic heterocycles. The van der Waals surface area contributed by atoms with Crippen LogP contribution >= 0.6 is 0 Å². The van der Waals surface area contributed by atoms with Gasteiger partial charge in [-0.1, -0.05) is 13.0 Å². The van der Waals surface area contributed by atoms with Gasteiger partial charge in [0.25, 0.3) is 0 Å². The lowest BCUT2D eigenvalue weighted by molar-refractivity contribution is 1.12. The van der Waals surface area contributed by atoms with E-state index in [1.165, 1.54) is 21.9 Å². The first-order valence-electron chi connectivity index (χ1n) is 4.64. The van der Waals surface area contributed by atoms with Crippen molar-refractivity contribution in [3.8, 4) is 0 Å². The van der Waals surface area contributed by atoms with Crippen molar-refractivity contribution in [2.45, 2.75) is 20.3 Å². The first-order chi connectivity index (χ1) is 6.31. The molecule has 0 spiro atoms. The fourth-order valence-electron chi connectivity index (χ4n) is 1.68. The Bertz CT molecular complexity index is 432. The summed E-state index contributed by atoms with van der Waals surface area (Å²) < 4.78 is 0. The summed E-state index contributed by atoms with van der Waals surface area (Å²) in [5, 5.41) is 2.52. The minimum atomic E-state index is 1.10. The van der Waals surface area contributed by atoms with Crippen molar-refractivity contribution >= 4 is 10.8 Å². The second-order valence-electron chi connectivity index (χ2n) is 3.36. The van der Waals surface area contributed by atoms with E-state index in [9.17, 15) is 0 Å². The number of aromatic nitrogens is 1. The monoisotopic (exact) mass is 171 g/mol. The Hall–Kier alpha value is -1.37. The number of hydrogen-bond acceptors (Lipinski definition) is 1. The summed E-state index contributed by atoms with van der Waals surface area (Å²) >= 11 is 0. The van der Waals surface area contributed by atoms with E-state index in [2.05, 4.69) is 37.0 Å². The Morgan fingerprint density at radius 1 is 1.23 bits per heavy atom. The van der Waals surface area contributed by atoms with E-state index in [0.29, 0.717) is 0 Å². The van der Waals surface area contributed by atoms with E-state index in [4.69, 9.17) is 0 Å². The fraction of sp³-hybridized carbons (Fsp3) is 0.250. The number of rotatable bonds is 1. The smallest absolute Gasteiger partial charge is 0.0346 e. The molecule has 1 heterocycles. The predicted molar refractivity (Wildman–Crippen MR) is 55.9 cm³/mol. The second-order valence-corrected chi connectivity index (χ2v) is 3.36. The van der Waals surface area contributed by atoms with Gasteiger partial charge in [0.1, 0.15) is 0 Å². The minimum absolute atomic E-state index is 1.10. The highest BCUT2D eigenvalue weighted by Crippen LogP contribution is 2.18. The summed E-state index contributed by atoms with van der Waals surface area (Å²) in [7, 11) is 0. The van der Waals surface area contributed by atoms with Gasteiger partial charge in [0.2, 0.25) is 0 Å². The highest BCUT2D eigenvalue weighted by molar-refractivity contribution is 5.83. The van der Waals surface area contributed by atoms with Gasteiger partial charge in [0, 0.05) is 17.8 Å². The van der Waals surface area contributed by atoms with Crippen LogP contribution in [-0.2, 0) is 6.42 Å². The highest BCUT2D eigenvalue weighted by Gasteiger charge is 1.98. The molecule has 0 unspecified atom stereocenters. The molecule has 0 bridgehead atoms. The Labute approximate surface area is 78.4 Å². The summed E-state index contributed by atoms with van der Waals surface area (Å²) in [6.07, 6.45) is 4.86. The molecule has 1 nitrogen and oxygen atoms in total. The van der Waals surface area contributed by atoms with E-state index in [0.717, 1.165) is 6.42 Å². The molecule has 0 saturated carbocycles. The zero-order valence-corrected chi connectivity index (χ0v) is 8.04. The number of aryl methyl sites for hydroxylation is 2. The topological polar surface area (TPSA) is 12.9 Å². The average Bonchev–Trinajstić information content (AvgIpc) is 2.17. The van der Waals surface area contributed by atoms with E-state index < -0.39 is 0 Å². The third kappa shape index (κ3) is 1.42. The molecule has 0 saturated heterocycles. The van der Waals surface area contributed by atoms with Crippen molar-refractivity contribution in [1.82, 2.24) is 4.98 Å². The first-order valence-corrected chi connectivity index (χ1v) is 4.64. The van der Waals surface area contributed by atoms with Crippen LogP contribution < -0.4 is 0 Å². The quantitative estimate of drug-likeness (QED) is 0.642. The van der Waals surface area contributed by atoms with Crippen LogP contribution in [-0.4, -0.2) is 4.98 Å². The SMILES string of the molecule is CCc1cc2ccncc2cc1C. The lowest BCUT2D eigenvalue weighted by Crippen LogP contribution is -1.87. The normalized spacial score (nSPS) is 10.6. The van der Waals surface area contributed by atoms with Gasteiger partial charge < -0.3 is 0 Å². The van der Waals surface area contributed by atoms with Crippen LogP contribution in [0.3, 0.4) is 0 Å². The van der Waals surface area contributed by atoms with Crippen molar-refractivity contribution in [3.05, 3.63) is 41.7 Å². The number of hydrogen-bond donors (Lipinski definition) is 0. The standard InChI is InChI=1S/C12H13N/c1-3-10-7-11-4-5-13-8-12(11)6-9(10)2/h4-8H,3H2,1-2H3. The van der Waals surface area contributed by atoms with Crippen LogP contribution in [0.25, 0.3) is 10.8 Å². The molecule has 0 atom stereocenters. The third-order valence-electron chi connectivity index (χ3n) is 2.48. The fourth-order valence-corrected chi connectivity index (χ4v) is 1.68. The molecule has 0 aliphatic heterocycles. The zero-order valence-electron chi connectivity index (χ0n) is 8.04. The van der Waals surface area contributed by atoms with Crippen LogP contribution in [0, 0.1) is 6.92 Å². The Kier molecular flexibility index (Phi) is 2.01. The molecule has 0 N–H and O–H groups in total. The maximum absolute atomic E-state index is 4.11. The van der Waals surface area contributed by atoms with Crippen LogP contribution in [0.1, 0.15) is 18.1 Å². The lowest BCUT2D eigenvalue weighted by Gasteiger charge is -2.04. The summed E-state index contributed by atoms with van der Waals surface area (Å²) in [5.41, 5.74) is 2.79. The molecule has 0 aliphatic carbocycles. The molecule has 13 heavy (non-hydrogen) atoms. The van der Waals surface area contributed by atoms with Gasteiger partial charge >= 0.3 is 0 Å². The van der Waals surface area contributed by atoms with Gasteiger partial charge in [-0.3, -0.25) is 4.98 Å². The second kappa shape index (κ2) is 3.17. The summed E-state index contributed by atoms with van der Waals surface area (Å²) in [6, 6.07) is 6.53. The molecular formula is C12H13N. The van der Waals surface area contributed by atoms with E-state index in [-0.39, 0.29) is 0 Å². The van der Waals surface area contributed by atoms with E-state index in [1.54, 1.807) is 0 Å². The molecular weight excluding hydrogens is 158 g/mol. The van der Waals surface area contributed by atoms with Gasteiger partial charge in [-0.25, -0.2) is 0 Å². The number of nitrogens with zero attached hydrogens (tertiary/aromatic N) is 1. The molecule has 0 aliphatic rings. The molecule has 1 heteroatoms. The van der Waals surface area contributed by atoms with Crippen LogP contribution in [0.15, 0.2) is 30.6 Å². The number of fused-ring (bicyclic) bond motifs is 1. The summed E-state index contributed by atoms with van der Waals surface area (Å²) in [6.45, 7) is 4.35. The largest absolute Gasteiger partial charge is 0.264 e. The van der Waals surface area contributed by atoms with Crippen molar-refractivity contribution < 1.29 is 0 Å². The third-order valence-corrected chi connectivity index (χ3v) is 2.48. The van der Waals surface area contributed by atoms with Gasteiger partial charge in [-0.2, -0.15) is 0 Å². The van der Waals surface area contributed by atoms with Crippen LogP contribution in [0.2, 0.25) is 0 Å². The van der Waals surface area contributed by atoms with Crippen LogP contribution in [0.5, 0.6) is 0 Å². The number of pyridine rings is 1. The average molecular weight is 171 g/mol. The Morgan fingerprint density at radius 3 is 2.85 bits per heavy atom. The van der Waals surface area contributed by atoms with Gasteiger partial charge in [0.05, 0.1) is 0 Å². The van der Waals surface area contributed by atoms with Gasteiger partial charge in [-0.05, 0) is 42.0 Å². The maximum Gasteiger partial charge on any atom is 0.0346 e. The lowest BCUT2D eigenvalue weighted by atomic mass is 10.0. The molecule has 2 rings (SSSR count). The summed E-state index contributed by atoms with van der Waals surface area (Å²) in [4.78, 5) is 4.11. The van der Waals surface area contributed by atoms with Crippen molar-refractivity contribution in [2.75, 3.05) is 0 Å². The van der Waals surface area contributed by atoms with Crippen molar-refractivity contribution in [2.24, 2.45) is 0 Å². The molecule has 0 amide bonds. The maximum atomic E-state index is 4.11. The summed E-state index contributed by atoms with van der Waals surface area (Å²) in [5.74, 6) is 0. The van der Waals surface area contributed by atoms with Crippen molar-refractivity contribution in [3.63, 3.8) is 0 Å². The predicted octanol–water partition coefficient (Wildman–Crippen LogP) is 3.11.